The lowest BCUT2D eigenvalue weighted by Crippen LogP contribution is -2.50. The average Bonchev–Trinajstić information content (AvgIpc) is 1.82. The minimum Gasteiger partial charge on any atom is -0.480 e. The number of nitrogens with zero attached hydrogens (tertiary/aromatic N) is 3. The highest BCUT2D eigenvalue weighted by Gasteiger charge is 2.40. The molecule has 0 spiro atoms. The van der Waals surface area contributed by atoms with Crippen LogP contribution in [-0.2, 0) is 91.1 Å². The molecule has 0 bridgehead atoms. The van der Waals surface area contributed by atoms with Crippen molar-refractivity contribution in [2.24, 2.45) is 23.5 Å². The van der Waals surface area contributed by atoms with Gasteiger partial charge >= 0.3 is 48.1 Å². The van der Waals surface area contributed by atoms with Gasteiger partial charge in [0, 0.05) is 49.8 Å². The van der Waals surface area contributed by atoms with Crippen LogP contribution < -0.4 is 16.4 Å². The Balaban J connectivity index is 0.000000341. The third kappa shape index (κ3) is 29.7. The Morgan fingerprint density at radius 1 is 0.516 bits per heavy atom. The van der Waals surface area contributed by atoms with E-state index in [1.54, 1.807) is 59.5 Å². The fourth-order valence-corrected chi connectivity index (χ4v) is 12.3. The standard InChI is InChI=1S/C21H28Cl2N2O5.C19H24Cl2N2O6.C14H16Cl2N2O4.C8H16O5S/c1-12(2)5-19(20(27)29-4)24-18(13(3)26)9-17-11-30-21(28)25(17)10-14-6-15(22)8-16(23)7-14;1-10(2)3-15(17(24)25)22-16(18(26)27)7-14-9-29-19(28)23(14)8-11-4-12(20)6-13(21)5-11;1-21-13(19)12(17)5-11-7-22-14(20)18(11)6-8-2-9(15)4-10(16)3-8;1-6(2)5-7(8(9)12-3)13-14(4,10)11/h6-8,12,17-19,24H,5,9-11H2,1-4H3;4-6,10,14-16,22H,3,7-9H2,1-2H3,(H,24,25)(H,26,27);2-4,11-12H,5-7,17H2,1H3;6-7H,5H2,1-4H3/t17?,18-,19-;14?,15-,16-;11?,12-;7-/m0001/s1. The molecule has 0 radical (unpaired) electrons. The van der Waals surface area contributed by atoms with E-state index in [1.165, 1.54) is 38.1 Å². The molecule has 9 atom stereocenters. The normalized spacial score (nSPS) is 17.9. The highest BCUT2D eigenvalue weighted by molar-refractivity contribution is 7.86. The molecular weight excluding hydrogens is 1390 g/mol. The first kappa shape index (κ1) is 83.2. The van der Waals surface area contributed by atoms with E-state index < -0.39 is 101 Å². The van der Waals surface area contributed by atoms with Crippen LogP contribution in [0.15, 0.2) is 54.6 Å². The van der Waals surface area contributed by atoms with E-state index in [0.29, 0.717) is 55.0 Å². The highest BCUT2D eigenvalue weighted by atomic mass is 35.5. The van der Waals surface area contributed by atoms with Crippen LogP contribution in [0.2, 0.25) is 30.1 Å². The van der Waals surface area contributed by atoms with Crippen molar-refractivity contribution in [1.82, 2.24) is 25.3 Å². The summed E-state index contributed by atoms with van der Waals surface area (Å²) in [5.74, 6) is -3.58. The Hall–Kier alpha value is -5.98. The number of hydrogen-bond donors (Lipinski definition) is 5. The van der Waals surface area contributed by atoms with E-state index in [4.69, 9.17) is 94.3 Å². The van der Waals surface area contributed by atoms with Crippen LogP contribution in [-0.4, -0.2) is 189 Å². The van der Waals surface area contributed by atoms with Crippen LogP contribution in [0.1, 0.15) is 104 Å². The van der Waals surface area contributed by atoms with Gasteiger partial charge in [0.15, 0.2) is 6.10 Å². The molecule has 3 unspecified atom stereocenters. The van der Waals surface area contributed by atoms with Gasteiger partial charge in [-0.3, -0.25) is 53.5 Å². The van der Waals surface area contributed by atoms with Crippen molar-refractivity contribution in [2.75, 3.05) is 47.4 Å². The van der Waals surface area contributed by atoms with Crippen molar-refractivity contribution in [3.63, 3.8) is 0 Å². The van der Waals surface area contributed by atoms with E-state index in [9.17, 15) is 61.8 Å². The maximum atomic E-state index is 12.3. The molecule has 530 valence electrons. The molecule has 0 aliphatic carbocycles. The summed E-state index contributed by atoms with van der Waals surface area (Å²) >= 11 is 36.0. The van der Waals surface area contributed by atoms with E-state index in [-0.39, 0.29) is 94.3 Å². The fourth-order valence-electron chi connectivity index (χ4n) is 10.00. The molecule has 33 heteroatoms. The number of carbonyl (C=O) groups is 9. The summed E-state index contributed by atoms with van der Waals surface area (Å²) in [5.41, 5.74) is 7.95. The maximum Gasteiger partial charge on any atom is 0.410 e. The Morgan fingerprint density at radius 3 is 1.14 bits per heavy atom. The van der Waals surface area contributed by atoms with Crippen LogP contribution >= 0.6 is 69.6 Å². The van der Waals surface area contributed by atoms with Gasteiger partial charge < -0.3 is 44.4 Å². The van der Waals surface area contributed by atoms with Gasteiger partial charge in [-0.05, 0) is 134 Å². The van der Waals surface area contributed by atoms with Crippen LogP contribution in [0, 0.1) is 17.8 Å². The molecule has 6 rings (SSSR count). The zero-order valence-corrected chi connectivity index (χ0v) is 59.8. The molecular formula is C62H84Cl6N6O20S. The number of cyclic esters (lactones) is 3. The van der Waals surface area contributed by atoms with Gasteiger partial charge in [0.25, 0.3) is 10.1 Å². The number of nitrogens with two attached hydrogens (primary N) is 1. The first-order valence-electron chi connectivity index (χ1n) is 29.8. The maximum absolute atomic E-state index is 12.3. The topological polar surface area (TPSA) is 353 Å². The van der Waals surface area contributed by atoms with Crippen molar-refractivity contribution in [2.45, 2.75) is 161 Å². The van der Waals surface area contributed by atoms with Crippen LogP contribution in [0.5, 0.6) is 0 Å². The molecule has 6 N–H and O–H groups in total. The summed E-state index contributed by atoms with van der Waals surface area (Å²) in [6.45, 7) is 13.9. The number of benzene rings is 3. The molecule has 3 aromatic rings. The summed E-state index contributed by atoms with van der Waals surface area (Å²) < 4.78 is 55.5. The van der Waals surface area contributed by atoms with E-state index >= 15 is 0 Å². The predicted molar refractivity (Wildman–Crippen MR) is 355 cm³/mol. The van der Waals surface area contributed by atoms with Crippen LogP contribution in [0.4, 0.5) is 14.4 Å². The summed E-state index contributed by atoms with van der Waals surface area (Å²) in [6, 6.07) is 9.62. The summed E-state index contributed by atoms with van der Waals surface area (Å²) in [7, 11) is 0.160. The largest absolute Gasteiger partial charge is 0.480 e. The first-order chi connectivity index (χ1) is 44.3. The molecule has 3 aliphatic rings. The third-order valence-electron chi connectivity index (χ3n) is 14.3. The van der Waals surface area contributed by atoms with Crippen molar-refractivity contribution in [1.29, 1.82) is 0 Å². The molecule has 0 aromatic heterocycles. The van der Waals surface area contributed by atoms with Gasteiger partial charge in [-0.15, -0.1) is 0 Å². The molecule has 3 fully saturated rings. The Labute approximate surface area is 583 Å². The zero-order chi connectivity index (χ0) is 71.8. The number of aliphatic carboxylic acids is 2. The number of ketones is 1. The summed E-state index contributed by atoms with van der Waals surface area (Å²) in [4.78, 5) is 111. The Kier molecular flexibility index (Phi) is 35.1. The predicted octanol–water partition coefficient (Wildman–Crippen LogP) is 9.84. The zero-order valence-electron chi connectivity index (χ0n) is 54.4. The molecule has 26 nitrogen and oxygen atoms in total. The van der Waals surface area contributed by atoms with Crippen molar-refractivity contribution in [3.05, 3.63) is 101 Å². The SMILES string of the molecule is CC(C)C[C@H](N[C@@H](CC1COC(=O)N1Cc1cc(Cl)cc(Cl)c1)C(=O)O)C(=O)O.COC(=O)[C@@H](CC(C)C)OS(C)(=O)=O.COC(=O)[C@@H](N)CC1COC(=O)N1Cc1cc(Cl)cc(Cl)c1.COC(=O)[C@H](CC(C)C)N[C@@H](CC1COC(=O)N1Cc1cc(Cl)cc(Cl)c1)C(C)=O. The van der Waals surface area contributed by atoms with Gasteiger partial charge in [-0.2, -0.15) is 8.42 Å². The second-order valence-electron chi connectivity index (χ2n) is 23.8. The van der Waals surface area contributed by atoms with Gasteiger partial charge in [-0.25, -0.2) is 19.2 Å². The Morgan fingerprint density at radius 2 is 0.832 bits per heavy atom. The van der Waals surface area contributed by atoms with E-state index in [2.05, 4.69) is 24.3 Å². The number of Topliss-reactive ketones (excluding diaryl/α,β-unsaturated/α-hetero) is 1. The minimum atomic E-state index is -3.62. The molecule has 0 saturated carbocycles. The first-order valence-corrected chi connectivity index (χ1v) is 33.9. The van der Waals surface area contributed by atoms with Crippen molar-refractivity contribution >= 4 is 134 Å². The number of carbonyl (C=O) groups excluding carboxylic acids is 7. The number of carboxylic acids is 2. The number of amides is 3. The van der Waals surface area contributed by atoms with E-state index in [0.717, 1.165) is 17.4 Å². The number of hydrogen-bond acceptors (Lipinski definition) is 21. The number of rotatable bonds is 30. The lowest BCUT2D eigenvalue weighted by molar-refractivity contribution is -0.149. The third-order valence-corrected chi connectivity index (χ3v) is 16.2. The minimum absolute atomic E-state index is 0.00273. The second kappa shape index (κ2) is 40.0. The lowest BCUT2D eigenvalue weighted by Gasteiger charge is -2.28. The highest BCUT2D eigenvalue weighted by Crippen LogP contribution is 2.29. The van der Waals surface area contributed by atoms with Gasteiger partial charge in [0.2, 0.25) is 0 Å². The molecule has 3 heterocycles. The summed E-state index contributed by atoms with van der Waals surface area (Å²) in [6.07, 6.45) is 0.0598. The average molecular weight is 1480 g/mol. The fraction of sp³-hybridized carbons (Fsp3) is 0.565. The number of nitrogens with one attached hydrogen (secondary N) is 2. The number of ether oxygens (including phenoxy) is 6. The van der Waals surface area contributed by atoms with Crippen LogP contribution in [0.3, 0.4) is 0 Å². The molecule has 3 aliphatic heterocycles. The summed E-state index contributed by atoms with van der Waals surface area (Å²) in [5, 5.41) is 27.5. The second-order valence-corrected chi connectivity index (χ2v) is 28.0. The van der Waals surface area contributed by atoms with Gasteiger partial charge in [-0.1, -0.05) is 111 Å². The number of esters is 3. The van der Waals surface area contributed by atoms with Gasteiger partial charge in [0.1, 0.15) is 49.8 Å². The smallest absolute Gasteiger partial charge is 0.410 e. The Bertz CT molecular complexity index is 3180. The quantitative estimate of drug-likeness (QED) is 0.0235. The number of carboxylic acid groups (broad SMARTS) is 2. The lowest BCUT2D eigenvalue weighted by atomic mass is 9.98. The number of methoxy groups -OCH3 is 3. The molecule has 3 amide bonds. The monoisotopic (exact) mass is 1470 g/mol. The van der Waals surface area contributed by atoms with Crippen LogP contribution in [0.25, 0.3) is 0 Å². The van der Waals surface area contributed by atoms with Gasteiger partial charge in [0.05, 0.1) is 51.8 Å². The van der Waals surface area contributed by atoms with Crippen molar-refractivity contribution in [3.8, 4) is 0 Å². The molecule has 3 aromatic carbocycles. The van der Waals surface area contributed by atoms with E-state index in [1.807, 2.05) is 41.5 Å². The number of halogens is 6. The molecule has 95 heavy (non-hydrogen) atoms. The molecule has 3 saturated heterocycles. The van der Waals surface area contributed by atoms with Crippen molar-refractivity contribution < 1.29 is 94.4 Å².